The molecule has 70 heavy (non-hydrogen) atoms. The Morgan fingerprint density at radius 1 is 0.929 bits per heavy atom. The van der Waals surface area contributed by atoms with Gasteiger partial charge in [0.05, 0.1) is 28.8 Å². The van der Waals surface area contributed by atoms with E-state index in [-0.39, 0.29) is 56.2 Å². The zero-order chi connectivity index (χ0) is 50.8. The summed E-state index contributed by atoms with van der Waals surface area (Å²) in [5, 5.41) is 30.1. The number of β-amino-alcohol motifs (C(OH)–C–C–N with tert-alkyl or cyclic N) is 1. The molecule has 7 rings (SSSR count). The van der Waals surface area contributed by atoms with E-state index >= 15 is 0 Å². The molecule has 4 N–H and O–H groups in total. The Kier molecular flexibility index (Phi) is 15.2. The molecule has 2 aromatic carbocycles. The van der Waals surface area contributed by atoms with Crippen molar-refractivity contribution in [3.63, 3.8) is 0 Å². The molecule has 376 valence electrons. The third-order valence-electron chi connectivity index (χ3n) is 12.9. The van der Waals surface area contributed by atoms with Crippen LogP contribution in [0, 0.1) is 23.2 Å². The molecule has 3 aromatic heterocycles. The quantitative estimate of drug-likeness (QED) is 0.0727. The molecule has 5 aromatic rings. The first-order valence-electron chi connectivity index (χ1n) is 23.1. The number of unbranched alkanes of at least 4 members (excludes halogenated alkanes) is 1. The number of carbonyl (C=O) groups excluding carboxylic acids is 4. The first-order valence-corrected chi connectivity index (χ1v) is 24.0. The Balaban J connectivity index is 0.812. The number of benzene rings is 2. The fourth-order valence-electron chi connectivity index (χ4n) is 9.49. The molecule has 0 unspecified atom stereocenters. The summed E-state index contributed by atoms with van der Waals surface area (Å²) < 4.78 is 58.6. The van der Waals surface area contributed by atoms with Crippen LogP contribution in [-0.4, -0.2) is 115 Å². The van der Waals surface area contributed by atoms with Crippen LogP contribution in [-0.2, 0) is 31.8 Å². The van der Waals surface area contributed by atoms with Crippen LogP contribution in [0.15, 0.2) is 66.2 Å². The van der Waals surface area contributed by atoms with Gasteiger partial charge < -0.3 is 40.2 Å². The summed E-state index contributed by atoms with van der Waals surface area (Å²) in [6, 6.07) is 15.0. The van der Waals surface area contributed by atoms with Crippen LogP contribution in [0.1, 0.15) is 95.2 Å². The van der Waals surface area contributed by atoms with Crippen molar-refractivity contribution in [3.05, 3.63) is 88.8 Å². The number of alkyl halides is 3. The molecule has 4 heterocycles. The summed E-state index contributed by atoms with van der Waals surface area (Å²) >= 11 is 1.56. The van der Waals surface area contributed by atoms with Gasteiger partial charge in [-0.05, 0) is 66.6 Å². The van der Waals surface area contributed by atoms with E-state index in [1.807, 2.05) is 79.7 Å². The van der Waals surface area contributed by atoms with Gasteiger partial charge in [-0.2, -0.15) is 17.7 Å². The molecule has 1 aliphatic heterocycles. The maximum atomic E-state index is 14.0. The van der Waals surface area contributed by atoms with Gasteiger partial charge in [0.2, 0.25) is 23.6 Å². The predicted molar refractivity (Wildman–Crippen MR) is 253 cm³/mol. The van der Waals surface area contributed by atoms with E-state index in [4.69, 9.17) is 14.2 Å². The molecule has 3 atom stereocenters. The number of fused-ring (bicyclic) bond motifs is 1. The molecular weight excluding hydrogens is 932 g/mol. The number of aromatic nitrogens is 5. The number of carbonyl (C=O) groups is 4. The third kappa shape index (κ3) is 11.5. The van der Waals surface area contributed by atoms with Gasteiger partial charge in [0.15, 0.2) is 5.65 Å². The van der Waals surface area contributed by atoms with Crippen molar-refractivity contribution in [3.8, 4) is 22.1 Å². The summed E-state index contributed by atoms with van der Waals surface area (Å²) in [4.78, 5) is 60.6. The topological polar surface area (TPSA) is 212 Å². The van der Waals surface area contributed by atoms with Crippen LogP contribution in [0.4, 0.5) is 13.2 Å². The van der Waals surface area contributed by atoms with Crippen molar-refractivity contribution in [2.75, 3.05) is 26.4 Å². The molecule has 1 saturated heterocycles. The van der Waals surface area contributed by atoms with Gasteiger partial charge in [0, 0.05) is 54.6 Å². The van der Waals surface area contributed by atoms with Gasteiger partial charge in [0.25, 0.3) is 11.7 Å². The normalized spacial score (nSPS) is 20.1. The summed E-state index contributed by atoms with van der Waals surface area (Å²) in [6.07, 6.45) is -4.90. The smallest absolute Gasteiger partial charge is 0.453 e. The number of aliphatic hydroxyl groups excluding tert-OH is 1. The number of hydrogen-bond acceptors (Lipinski definition) is 13. The number of likely N-dealkylation sites (tertiary alicyclic amines) is 1. The van der Waals surface area contributed by atoms with Crippen molar-refractivity contribution in [2.24, 2.45) is 16.2 Å². The van der Waals surface area contributed by atoms with Gasteiger partial charge >= 0.3 is 6.18 Å². The van der Waals surface area contributed by atoms with Crippen molar-refractivity contribution >= 4 is 40.6 Å². The predicted octanol–water partition coefficient (Wildman–Crippen LogP) is 6.17. The number of thiazole rings is 1. The number of amides is 4. The van der Waals surface area contributed by atoms with Crippen LogP contribution in [0.25, 0.3) is 16.1 Å². The molecule has 2 fully saturated rings. The minimum atomic E-state index is -4.75. The van der Waals surface area contributed by atoms with Crippen LogP contribution in [0.2, 0.25) is 0 Å². The highest BCUT2D eigenvalue weighted by atomic mass is 32.1. The molecule has 17 nitrogen and oxygen atoms in total. The summed E-state index contributed by atoms with van der Waals surface area (Å²) in [5.74, 6) is -2.39. The lowest BCUT2D eigenvalue weighted by Crippen LogP contribution is -2.74. The van der Waals surface area contributed by atoms with Gasteiger partial charge in [-0.3, -0.25) is 19.2 Å². The zero-order valence-electron chi connectivity index (χ0n) is 40.4. The Morgan fingerprint density at radius 3 is 2.26 bits per heavy atom. The van der Waals surface area contributed by atoms with Crippen molar-refractivity contribution in [2.45, 2.75) is 118 Å². The van der Waals surface area contributed by atoms with Gasteiger partial charge in [-0.15, -0.1) is 26.6 Å². The second-order valence-electron chi connectivity index (χ2n) is 20.1. The lowest BCUT2D eigenvalue weighted by atomic mass is 9.49. The van der Waals surface area contributed by atoms with E-state index in [0.29, 0.717) is 35.3 Å². The number of hydrogen-bond donors (Lipinski definition) is 4. The minimum Gasteiger partial charge on any atom is -0.494 e. The van der Waals surface area contributed by atoms with E-state index in [1.165, 1.54) is 17.0 Å². The van der Waals surface area contributed by atoms with E-state index in [0.717, 1.165) is 21.7 Å². The largest absolute Gasteiger partial charge is 0.494 e. The maximum absolute atomic E-state index is 14.0. The van der Waals surface area contributed by atoms with Crippen LogP contribution < -0.4 is 25.4 Å². The summed E-state index contributed by atoms with van der Waals surface area (Å²) in [5.41, 5.74) is 3.03. The number of halogens is 3. The van der Waals surface area contributed by atoms with E-state index < -0.39 is 70.3 Å². The number of nitrogens with zero attached hydrogens (tertiary/aromatic N) is 6. The number of rotatable bonds is 18. The number of ether oxygens (including phenoxy) is 3. The highest BCUT2D eigenvalue weighted by molar-refractivity contribution is 7.13. The van der Waals surface area contributed by atoms with Crippen LogP contribution in [0.3, 0.4) is 0 Å². The fraction of sp³-hybridized carbons (Fsp3) is 0.510. The molecule has 0 bridgehead atoms. The molecule has 0 radical (unpaired) electrons. The molecule has 2 aliphatic rings. The first kappa shape index (κ1) is 51.7. The Bertz CT molecular complexity index is 2650. The lowest BCUT2D eigenvalue weighted by molar-refractivity contribution is -0.166. The van der Waals surface area contributed by atoms with Crippen molar-refractivity contribution in [1.82, 2.24) is 45.6 Å². The highest BCUT2D eigenvalue weighted by Crippen LogP contribution is 2.55. The van der Waals surface area contributed by atoms with Crippen LogP contribution in [0.5, 0.6) is 11.6 Å². The molecule has 0 spiro atoms. The standard InChI is InChI=1S/C49H60F3N9O8S/c1-28-38(70-27-54-28)30-13-11-29(12-14-30)24-53-41(65)34-23-32(62)25-60(34)42(66)39(46(2,3)4)55-36(63)26-67-21-9-10-22-68-33-17-15-31(16-18-33)40(64)56-43-47(5,6)44(48(43,7)8)69-37-20-19-35-57-58-45(49(50,51)52)61(35)59-37/h11-20,27,32,34,39,43-44,62H,9-10,21-26H2,1-8H3,(H,53,65)(H,55,63)(H,56,64)/t32-,34-,39+,43?,44?/m0/s1. The summed E-state index contributed by atoms with van der Waals surface area (Å²) in [7, 11) is 0. The van der Waals surface area contributed by atoms with Gasteiger partial charge in [-0.1, -0.05) is 72.7 Å². The number of aryl methyl sites for hydroxylation is 1. The average Bonchev–Trinajstić information content (AvgIpc) is 4.05. The first-order chi connectivity index (χ1) is 32.9. The van der Waals surface area contributed by atoms with E-state index in [2.05, 4.69) is 36.2 Å². The average molecular weight is 992 g/mol. The SMILES string of the molecule is Cc1ncsc1-c1ccc(CNC(=O)[C@@H]2C[C@H](O)CN2C(=O)[C@@H](NC(=O)COCCCCOc2ccc(C(=O)NC3C(C)(C)C(Oc4ccc5nnc(C(F)(F)F)n5n4)C3(C)C)cc2)C(C)(C)C)cc1. The number of aliphatic hydroxyl groups is 1. The second-order valence-corrected chi connectivity index (χ2v) is 20.9. The fourth-order valence-corrected chi connectivity index (χ4v) is 10.3. The maximum Gasteiger partial charge on any atom is 0.453 e. The monoisotopic (exact) mass is 991 g/mol. The molecule has 1 saturated carbocycles. The van der Waals surface area contributed by atoms with Gasteiger partial charge in [-0.25, -0.2) is 4.98 Å². The van der Waals surface area contributed by atoms with E-state index in [9.17, 15) is 37.5 Å². The highest BCUT2D eigenvalue weighted by Gasteiger charge is 2.64. The molecule has 21 heteroatoms. The molecule has 1 aliphatic carbocycles. The minimum absolute atomic E-state index is 0.0312. The third-order valence-corrected chi connectivity index (χ3v) is 13.8. The van der Waals surface area contributed by atoms with E-state index in [1.54, 1.807) is 41.1 Å². The Labute approximate surface area is 407 Å². The Morgan fingerprint density at radius 2 is 1.61 bits per heavy atom. The van der Waals surface area contributed by atoms with Crippen molar-refractivity contribution < 1.29 is 51.7 Å². The summed E-state index contributed by atoms with van der Waals surface area (Å²) in [6.45, 7) is 15.5. The molecular formula is C49H60F3N9O8S. The second kappa shape index (κ2) is 20.6. The van der Waals surface area contributed by atoms with Crippen molar-refractivity contribution in [1.29, 1.82) is 0 Å². The zero-order valence-corrected chi connectivity index (χ0v) is 41.2. The number of nitrogens with one attached hydrogen (secondary N) is 3. The molecule has 4 amide bonds. The lowest BCUT2D eigenvalue weighted by Gasteiger charge is -2.62. The van der Waals surface area contributed by atoms with Gasteiger partial charge in [0.1, 0.15) is 30.5 Å². The van der Waals surface area contributed by atoms with Crippen LogP contribution >= 0.6 is 11.3 Å². The Hall–Kier alpha value is -6.19.